The fourth-order valence-electron chi connectivity index (χ4n) is 1.89. The van der Waals surface area contributed by atoms with Crippen molar-refractivity contribution in [2.75, 3.05) is 13.1 Å². The Labute approximate surface area is 129 Å². The number of rotatable bonds is 2. The first-order valence-electron chi connectivity index (χ1n) is 5.99. The molecule has 0 unspecified atom stereocenters. The van der Waals surface area contributed by atoms with E-state index >= 15 is 0 Å². The van der Waals surface area contributed by atoms with E-state index in [1.54, 1.807) is 0 Å². The van der Waals surface area contributed by atoms with E-state index in [4.69, 9.17) is 5.73 Å². The zero-order chi connectivity index (χ0) is 12.3. The molecule has 0 atom stereocenters. The molecule has 2 heterocycles. The summed E-state index contributed by atoms with van der Waals surface area (Å²) in [6.07, 6.45) is 2.41. The Morgan fingerprint density at radius 1 is 1.50 bits per heavy atom. The first-order valence-corrected chi connectivity index (χ1v) is 6.77. The number of nitrogens with two attached hydrogens (primary N) is 1. The summed E-state index contributed by atoms with van der Waals surface area (Å²) in [6.45, 7) is 6.89. The average Bonchev–Trinajstić information content (AvgIpc) is 2.73. The van der Waals surface area contributed by atoms with Gasteiger partial charge in [0.25, 0.3) is 0 Å². The maximum Gasteiger partial charge on any atom is 0.191 e. The minimum atomic E-state index is 0. The van der Waals surface area contributed by atoms with E-state index in [0.717, 1.165) is 29.6 Å². The molecular formula is C11H20IN5S. The number of aryl methyl sites for hydroxylation is 1. The predicted molar refractivity (Wildman–Crippen MR) is 85.4 cm³/mol. The lowest BCUT2D eigenvalue weighted by molar-refractivity contribution is 0.277. The van der Waals surface area contributed by atoms with Gasteiger partial charge in [-0.05, 0) is 37.2 Å². The first-order chi connectivity index (χ1) is 8.16. The predicted octanol–water partition coefficient (Wildman–Crippen LogP) is 2.01. The molecule has 0 bridgehead atoms. The molecule has 1 saturated heterocycles. The van der Waals surface area contributed by atoms with Gasteiger partial charge in [-0.15, -0.1) is 29.1 Å². The molecule has 0 aliphatic carbocycles. The normalized spacial score (nSPS) is 17.7. The highest BCUT2D eigenvalue weighted by Gasteiger charge is 2.16. The largest absolute Gasteiger partial charge is 0.370 e. The van der Waals surface area contributed by atoms with E-state index < -0.39 is 0 Å². The molecule has 0 amide bonds. The van der Waals surface area contributed by atoms with Crippen molar-refractivity contribution >= 4 is 41.5 Å². The van der Waals surface area contributed by atoms with Crippen molar-refractivity contribution in [1.29, 1.82) is 0 Å². The summed E-state index contributed by atoms with van der Waals surface area (Å²) in [5, 5.41) is 3.96. The second-order valence-corrected chi connectivity index (χ2v) is 5.46. The third-order valence-corrected chi connectivity index (χ3v) is 4.05. The Balaban J connectivity index is 0.00000162. The monoisotopic (exact) mass is 381 g/mol. The number of aromatic nitrogens is 2. The molecule has 1 aromatic rings. The Morgan fingerprint density at radius 3 is 2.72 bits per heavy atom. The molecule has 18 heavy (non-hydrogen) atoms. The number of likely N-dealkylation sites (tertiary alicyclic amines) is 1. The average molecular weight is 381 g/mol. The Morgan fingerprint density at radius 2 is 2.17 bits per heavy atom. The molecule has 0 radical (unpaired) electrons. The maximum absolute atomic E-state index is 6.00. The highest BCUT2D eigenvalue weighted by atomic mass is 127. The number of hydrogen-bond acceptors (Lipinski definition) is 4. The standard InChI is InChI=1S/C11H19N5S.HI/c1-8-3-5-16(6-4-8)11(12)13-7-10-9(2)14-15-17-10;/h8H,3-7H2,1-2H3,(H2,12,13);1H. The molecule has 1 aromatic heterocycles. The van der Waals surface area contributed by atoms with Crippen LogP contribution in [0, 0.1) is 12.8 Å². The van der Waals surface area contributed by atoms with E-state index in [9.17, 15) is 0 Å². The molecule has 7 heteroatoms. The molecule has 1 aliphatic heterocycles. The SMILES string of the molecule is Cc1nnsc1CN=C(N)N1CCC(C)CC1.I. The van der Waals surface area contributed by atoms with Crippen molar-refractivity contribution in [3.8, 4) is 0 Å². The Kier molecular flexibility index (Phi) is 6.27. The number of aliphatic imine (C=N–C) groups is 1. The number of piperidine rings is 1. The van der Waals surface area contributed by atoms with Crippen molar-refractivity contribution in [3.63, 3.8) is 0 Å². The van der Waals surface area contributed by atoms with Crippen LogP contribution in [0.25, 0.3) is 0 Å². The topological polar surface area (TPSA) is 67.4 Å². The summed E-state index contributed by atoms with van der Waals surface area (Å²) < 4.78 is 3.89. The number of hydrogen-bond donors (Lipinski definition) is 1. The molecule has 2 N–H and O–H groups in total. The van der Waals surface area contributed by atoms with Gasteiger partial charge in [-0.25, -0.2) is 4.99 Å². The molecular weight excluding hydrogens is 361 g/mol. The fourth-order valence-corrected chi connectivity index (χ4v) is 2.44. The zero-order valence-electron chi connectivity index (χ0n) is 10.8. The quantitative estimate of drug-likeness (QED) is 0.484. The van der Waals surface area contributed by atoms with Gasteiger partial charge < -0.3 is 10.6 Å². The first kappa shape index (κ1) is 15.6. The van der Waals surface area contributed by atoms with Gasteiger partial charge in [-0.1, -0.05) is 11.4 Å². The summed E-state index contributed by atoms with van der Waals surface area (Å²) in [6, 6.07) is 0. The fraction of sp³-hybridized carbons (Fsp3) is 0.727. The molecule has 2 rings (SSSR count). The van der Waals surface area contributed by atoms with E-state index in [0.29, 0.717) is 12.5 Å². The van der Waals surface area contributed by atoms with Crippen LogP contribution in [0.2, 0.25) is 0 Å². The van der Waals surface area contributed by atoms with Gasteiger partial charge in [0.05, 0.1) is 17.1 Å². The lowest BCUT2D eigenvalue weighted by Gasteiger charge is -2.30. The van der Waals surface area contributed by atoms with Crippen molar-refractivity contribution in [1.82, 2.24) is 14.5 Å². The lowest BCUT2D eigenvalue weighted by Crippen LogP contribution is -2.42. The highest BCUT2D eigenvalue weighted by Crippen LogP contribution is 2.16. The highest BCUT2D eigenvalue weighted by molar-refractivity contribution is 14.0. The van der Waals surface area contributed by atoms with Crippen LogP contribution in [0.5, 0.6) is 0 Å². The molecule has 1 aliphatic rings. The second-order valence-electron chi connectivity index (χ2n) is 4.63. The van der Waals surface area contributed by atoms with E-state index in [1.807, 2.05) is 6.92 Å². The number of guanidine groups is 1. The van der Waals surface area contributed by atoms with E-state index in [-0.39, 0.29) is 24.0 Å². The summed E-state index contributed by atoms with van der Waals surface area (Å²) in [7, 11) is 0. The minimum Gasteiger partial charge on any atom is -0.370 e. The van der Waals surface area contributed by atoms with Crippen LogP contribution in [0.4, 0.5) is 0 Å². The van der Waals surface area contributed by atoms with Gasteiger partial charge in [0.1, 0.15) is 0 Å². The third-order valence-electron chi connectivity index (χ3n) is 3.24. The van der Waals surface area contributed by atoms with Crippen molar-refractivity contribution in [2.45, 2.75) is 33.2 Å². The van der Waals surface area contributed by atoms with E-state index in [1.165, 1.54) is 24.4 Å². The van der Waals surface area contributed by atoms with Gasteiger partial charge >= 0.3 is 0 Å². The summed E-state index contributed by atoms with van der Waals surface area (Å²) in [4.78, 5) is 7.69. The van der Waals surface area contributed by atoms with Gasteiger partial charge in [0.15, 0.2) is 5.96 Å². The number of halogens is 1. The molecule has 0 saturated carbocycles. The maximum atomic E-state index is 6.00. The summed E-state index contributed by atoms with van der Waals surface area (Å²) >= 11 is 1.40. The molecule has 5 nitrogen and oxygen atoms in total. The van der Waals surface area contributed by atoms with Crippen LogP contribution in [-0.2, 0) is 6.54 Å². The molecule has 102 valence electrons. The Bertz CT molecular complexity index is 398. The van der Waals surface area contributed by atoms with Crippen molar-refractivity contribution in [2.24, 2.45) is 16.6 Å². The molecule has 0 spiro atoms. The third kappa shape index (κ3) is 4.04. The second kappa shape index (κ2) is 7.22. The summed E-state index contributed by atoms with van der Waals surface area (Å²) in [5.74, 6) is 1.47. The van der Waals surface area contributed by atoms with Gasteiger partial charge in [0.2, 0.25) is 0 Å². The minimum absolute atomic E-state index is 0. The van der Waals surface area contributed by atoms with Crippen LogP contribution in [0.3, 0.4) is 0 Å². The zero-order valence-corrected chi connectivity index (χ0v) is 13.9. The van der Waals surface area contributed by atoms with Crippen molar-refractivity contribution in [3.05, 3.63) is 10.6 Å². The van der Waals surface area contributed by atoms with Crippen LogP contribution in [-0.4, -0.2) is 33.5 Å². The van der Waals surface area contributed by atoms with Crippen LogP contribution in [0.1, 0.15) is 30.3 Å². The van der Waals surface area contributed by atoms with Crippen LogP contribution in [0.15, 0.2) is 4.99 Å². The molecule has 1 fully saturated rings. The van der Waals surface area contributed by atoms with E-state index in [2.05, 4.69) is 26.4 Å². The smallest absolute Gasteiger partial charge is 0.191 e. The Hall–Kier alpha value is -0.440. The molecule has 0 aromatic carbocycles. The van der Waals surface area contributed by atoms with Gasteiger partial charge in [-0.3, -0.25) is 0 Å². The van der Waals surface area contributed by atoms with Crippen LogP contribution >= 0.6 is 35.5 Å². The van der Waals surface area contributed by atoms with Gasteiger partial charge in [0, 0.05) is 13.1 Å². The number of nitrogens with zero attached hydrogens (tertiary/aromatic N) is 4. The van der Waals surface area contributed by atoms with Crippen LogP contribution < -0.4 is 5.73 Å². The van der Waals surface area contributed by atoms with Gasteiger partial charge in [-0.2, -0.15) is 0 Å². The lowest BCUT2D eigenvalue weighted by atomic mass is 10.00. The summed E-state index contributed by atoms with van der Waals surface area (Å²) in [5.41, 5.74) is 6.96. The van der Waals surface area contributed by atoms with Crippen molar-refractivity contribution < 1.29 is 0 Å².